The van der Waals surface area contributed by atoms with Crippen LogP contribution in [-0.2, 0) is 0 Å². The molecule has 4 heteroatoms. The molecule has 0 aliphatic heterocycles. The summed E-state index contributed by atoms with van der Waals surface area (Å²) in [5.41, 5.74) is 11.5. The summed E-state index contributed by atoms with van der Waals surface area (Å²) in [6, 6.07) is 9.69. The van der Waals surface area contributed by atoms with Crippen molar-refractivity contribution in [2.75, 3.05) is 13.2 Å². The van der Waals surface area contributed by atoms with E-state index in [1.165, 1.54) is 0 Å². The van der Waals surface area contributed by atoms with Crippen molar-refractivity contribution >= 4 is 5.57 Å². The smallest absolute Gasteiger partial charge is 0.0970 e. The topological polar surface area (TPSA) is 92.5 Å². The van der Waals surface area contributed by atoms with Crippen LogP contribution in [0.25, 0.3) is 5.57 Å². The number of benzene rings is 1. The van der Waals surface area contributed by atoms with Gasteiger partial charge in [-0.15, -0.1) is 0 Å². The zero-order valence-electron chi connectivity index (χ0n) is 10.1. The molecular weight excluding hydrogens is 228 g/mol. The Hall–Kier alpha value is -1.46. The molecule has 96 valence electrons. The molecule has 0 radical (unpaired) electrons. The molecule has 0 atom stereocenters. The number of nitrogens with two attached hydrogens (primary N) is 2. The highest BCUT2D eigenvalue weighted by Crippen LogP contribution is 2.36. The standard InChI is InChI=1S/C14H18N2O2/c15-14(16)7-6-12(8-13(14,9-17)10-18)11-4-2-1-3-5-11/h1-8,17-18H,9-10,15-16H2. The van der Waals surface area contributed by atoms with Gasteiger partial charge in [0.1, 0.15) is 0 Å². The SMILES string of the molecule is NC1(N)C=CC(c2ccccc2)=CC1(CO)CO. The van der Waals surface area contributed by atoms with E-state index < -0.39 is 11.1 Å². The number of allylic oxidation sites excluding steroid dienone is 2. The van der Waals surface area contributed by atoms with Gasteiger partial charge in [-0.1, -0.05) is 42.5 Å². The lowest BCUT2D eigenvalue weighted by molar-refractivity contribution is 0.0471. The minimum Gasteiger partial charge on any atom is -0.395 e. The van der Waals surface area contributed by atoms with Crippen LogP contribution in [0.3, 0.4) is 0 Å². The number of aliphatic hydroxyl groups excluding tert-OH is 2. The number of aliphatic hydroxyl groups is 2. The summed E-state index contributed by atoms with van der Waals surface area (Å²) in [4.78, 5) is 0. The Balaban J connectivity index is 2.47. The van der Waals surface area contributed by atoms with Gasteiger partial charge in [0, 0.05) is 0 Å². The van der Waals surface area contributed by atoms with Crippen LogP contribution >= 0.6 is 0 Å². The quantitative estimate of drug-likeness (QED) is 0.574. The molecule has 0 fully saturated rings. The normalized spacial score (nSPS) is 20.6. The molecule has 2 rings (SSSR count). The summed E-state index contributed by atoms with van der Waals surface area (Å²) >= 11 is 0. The van der Waals surface area contributed by atoms with Crippen molar-refractivity contribution in [3.63, 3.8) is 0 Å². The van der Waals surface area contributed by atoms with Crippen LogP contribution < -0.4 is 11.5 Å². The fraction of sp³-hybridized carbons (Fsp3) is 0.286. The molecule has 0 aromatic heterocycles. The first-order chi connectivity index (χ1) is 8.54. The van der Waals surface area contributed by atoms with Gasteiger partial charge in [0.2, 0.25) is 0 Å². The molecule has 1 aliphatic carbocycles. The molecule has 0 bridgehead atoms. The van der Waals surface area contributed by atoms with Crippen LogP contribution in [0.4, 0.5) is 0 Å². The summed E-state index contributed by atoms with van der Waals surface area (Å²) in [7, 11) is 0. The van der Waals surface area contributed by atoms with E-state index in [1.54, 1.807) is 12.2 Å². The summed E-state index contributed by atoms with van der Waals surface area (Å²) in [6.45, 7) is -0.617. The lowest BCUT2D eigenvalue weighted by Gasteiger charge is -2.42. The van der Waals surface area contributed by atoms with Crippen LogP contribution in [0.2, 0.25) is 0 Å². The van der Waals surface area contributed by atoms with Crippen LogP contribution in [-0.4, -0.2) is 29.1 Å². The lowest BCUT2D eigenvalue weighted by Crippen LogP contribution is -2.64. The summed E-state index contributed by atoms with van der Waals surface area (Å²) in [5, 5.41) is 19.1. The predicted octanol–water partition coefficient (Wildman–Crippen LogP) is 0.224. The molecule has 4 nitrogen and oxygen atoms in total. The van der Waals surface area contributed by atoms with Gasteiger partial charge in [0.05, 0.1) is 24.3 Å². The Bertz CT molecular complexity index is 474. The van der Waals surface area contributed by atoms with Gasteiger partial charge in [-0.3, -0.25) is 0 Å². The summed E-state index contributed by atoms with van der Waals surface area (Å²) < 4.78 is 0. The van der Waals surface area contributed by atoms with Crippen molar-refractivity contribution in [1.82, 2.24) is 0 Å². The second-order valence-electron chi connectivity index (χ2n) is 4.70. The zero-order valence-corrected chi connectivity index (χ0v) is 10.1. The van der Waals surface area contributed by atoms with Gasteiger partial charge in [-0.2, -0.15) is 0 Å². The largest absolute Gasteiger partial charge is 0.395 e. The maximum absolute atomic E-state index is 9.54. The van der Waals surface area contributed by atoms with Crippen LogP contribution in [0.5, 0.6) is 0 Å². The predicted molar refractivity (Wildman–Crippen MR) is 71.3 cm³/mol. The van der Waals surface area contributed by atoms with Crippen LogP contribution in [0.15, 0.2) is 48.6 Å². The Kier molecular flexibility index (Phi) is 3.36. The molecule has 18 heavy (non-hydrogen) atoms. The van der Waals surface area contributed by atoms with E-state index in [0.717, 1.165) is 11.1 Å². The molecule has 1 aliphatic rings. The fourth-order valence-corrected chi connectivity index (χ4v) is 2.09. The van der Waals surface area contributed by atoms with Gasteiger partial charge in [0.25, 0.3) is 0 Å². The first-order valence-electron chi connectivity index (χ1n) is 5.82. The molecule has 6 N–H and O–H groups in total. The maximum Gasteiger partial charge on any atom is 0.0970 e. The maximum atomic E-state index is 9.54. The van der Waals surface area contributed by atoms with Gasteiger partial charge < -0.3 is 21.7 Å². The van der Waals surface area contributed by atoms with Crippen molar-refractivity contribution in [2.24, 2.45) is 16.9 Å². The van der Waals surface area contributed by atoms with Crippen molar-refractivity contribution in [3.05, 3.63) is 54.1 Å². The second-order valence-corrected chi connectivity index (χ2v) is 4.70. The van der Waals surface area contributed by atoms with Crippen molar-refractivity contribution in [3.8, 4) is 0 Å². The second kappa shape index (κ2) is 4.66. The lowest BCUT2D eigenvalue weighted by atomic mass is 9.72. The minimum absolute atomic E-state index is 0.308. The van der Waals surface area contributed by atoms with Crippen LogP contribution in [0.1, 0.15) is 5.56 Å². The first kappa shape index (κ1) is 13.0. The van der Waals surface area contributed by atoms with Gasteiger partial charge >= 0.3 is 0 Å². The Labute approximate surface area is 106 Å². The highest BCUT2D eigenvalue weighted by Gasteiger charge is 2.44. The Morgan fingerprint density at radius 2 is 1.61 bits per heavy atom. The van der Waals surface area contributed by atoms with Gasteiger partial charge in [-0.25, -0.2) is 0 Å². The minimum atomic E-state index is -1.26. The average Bonchev–Trinajstić information content (AvgIpc) is 2.40. The monoisotopic (exact) mass is 246 g/mol. The summed E-state index contributed by atoms with van der Waals surface area (Å²) in [6.07, 6.45) is 5.20. The number of hydrogen-bond donors (Lipinski definition) is 4. The molecular formula is C14H18N2O2. The Morgan fingerprint density at radius 3 is 2.17 bits per heavy atom. The molecule has 0 saturated heterocycles. The van der Waals surface area contributed by atoms with Crippen LogP contribution in [0, 0.1) is 5.41 Å². The zero-order chi connectivity index (χ0) is 13.2. The first-order valence-corrected chi connectivity index (χ1v) is 5.82. The molecule has 0 amide bonds. The van der Waals surface area contributed by atoms with E-state index in [2.05, 4.69) is 0 Å². The van der Waals surface area contributed by atoms with E-state index >= 15 is 0 Å². The van der Waals surface area contributed by atoms with Gasteiger partial charge in [-0.05, 0) is 17.2 Å². The third-order valence-corrected chi connectivity index (χ3v) is 3.50. The van der Waals surface area contributed by atoms with Crippen molar-refractivity contribution < 1.29 is 10.2 Å². The van der Waals surface area contributed by atoms with E-state index in [4.69, 9.17) is 11.5 Å². The molecule has 0 heterocycles. The van der Waals surface area contributed by atoms with E-state index in [9.17, 15) is 10.2 Å². The third kappa shape index (κ3) is 2.00. The number of hydrogen-bond acceptors (Lipinski definition) is 4. The summed E-state index contributed by atoms with van der Waals surface area (Å²) in [5.74, 6) is 0. The average molecular weight is 246 g/mol. The molecule has 1 aromatic carbocycles. The van der Waals surface area contributed by atoms with E-state index in [-0.39, 0.29) is 13.2 Å². The highest BCUT2D eigenvalue weighted by atomic mass is 16.3. The Morgan fingerprint density at radius 1 is 1.00 bits per heavy atom. The van der Waals surface area contributed by atoms with Gasteiger partial charge in [0.15, 0.2) is 0 Å². The van der Waals surface area contributed by atoms with E-state index in [1.807, 2.05) is 36.4 Å². The molecule has 0 unspecified atom stereocenters. The van der Waals surface area contributed by atoms with E-state index in [0.29, 0.717) is 0 Å². The number of rotatable bonds is 3. The highest BCUT2D eigenvalue weighted by molar-refractivity contribution is 5.76. The third-order valence-electron chi connectivity index (χ3n) is 3.50. The molecule has 0 spiro atoms. The fourth-order valence-electron chi connectivity index (χ4n) is 2.09. The van der Waals surface area contributed by atoms with Crippen molar-refractivity contribution in [1.29, 1.82) is 0 Å². The van der Waals surface area contributed by atoms with Crippen molar-refractivity contribution in [2.45, 2.75) is 5.66 Å². The molecule has 0 saturated carbocycles. The molecule has 1 aromatic rings.